The first-order valence-corrected chi connectivity index (χ1v) is 8.81. The van der Waals surface area contributed by atoms with Crippen molar-refractivity contribution in [2.45, 2.75) is 45.7 Å². The lowest BCUT2D eigenvalue weighted by Crippen LogP contribution is -2.46. The molecule has 0 amide bonds. The van der Waals surface area contributed by atoms with E-state index in [-0.39, 0.29) is 12.0 Å². The molecule has 0 aromatic rings. The van der Waals surface area contributed by atoms with Gasteiger partial charge in [-0.05, 0) is 26.3 Å². The van der Waals surface area contributed by atoms with Crippen molar-refractivity contribution < 1.29 is 13.2 Å². The molecule has 0 spiro atoms. The first-order valence-electron chi connectivity index (χ1n) is 7.37. The molecule has 6 nitrogen and oxygen atoms in total. The monoisotopic (exact) mass is 307 g/mol. The molecule has 2 N–H and O–H groups in total. The number of hydrogen-bond donors (Lipinski definition) is 2. The van der Waals surface area contributed by atoms with E-state index in [2.05, 4.69) is 23.9 Å². The summed E-state index contributed by atoms with van der Waals surface area (Å²) in [4.78, 5) is 0. The zero-order valence-electron chi connectivity index (χ0n) is 13.1. The SMILES string of the molecule is CC(C)NCCCN(C)S(=O)(=O)NC(C)C1CCOC1. The largest absolute Gasteiger partial charge is 0.381 e. The summed E-state index contributed by atoms with van der Waals surface area (Å²) < 4.78 is 33.8. The number of rotatable bonds is 9. The van der Waals surface area contributed by atoms with Gasteiger partial charge in [0.05, 0.1) is 6.61 Å². The maximum Gasteiger partial charge on any atom is 0.279 e. The maximum atomic E-state index is 12.2. The molecule has 0 aliphatic carbocycles. The van der Waals surface area contributed by atoms with Gasteiger partial charge in [0.1, 0.15) is 0 Å². The Morgan fingerprint density at radius 2 is 2.05 bits per heavy atom. The molecule has 7 heteroatoms. The molecule has 1 fully saturated rings. The third-order valence-corrected chi connectivity index (χ3v) is 5.29. The third-order valence-electron chi connectivity index (χ3n) is 3.62. The van der Waals surface area contributed by atoms with Crippen LogP contribution in [-0.2, 0) is 14.9 Å². The molecule has 120 valence electrons. The van der Waals surface area contributed by atoms with E-state index in [9.17, 15) is 8.42 Å². The Labute approximate surface area is 123 Å². The number of nitrogens with one attached hydrogen (secondary N) is 2. The van der Waals surface area contributed by atoms with Gasteiger partial charge in [0.2, 0.25) is 0 Å². The van der Waals surface area contributed by atoms with E-state index in [1.807, 2.05) is 6.92 Å². The minimum atomic E-state index is -3.40. The number of nitrogens with zero attached hydrogens (tertiary/aromatic N) is 1. The molecule has 0 saturated carbocycles. The molecule has 2 atom stereocenters. The Bertz CT molecular complexity index is 367. The highest BCUT2D eigenvalue weighted by Gasteiger charge is 2.27. The van der Waals surface area contributed by atoms with Crippen molar-refractivity contribution in [1.29, 1.82) is 0 Å². The summed E-state index contributed by atoms with van der Waals surface area (Å²) >= 11 is 0. The van der Waals surface area contributed by atoms with Crippen molar-refractivity contribution in [3.05, 3.63) is 0 Å². The van der Waals surface area contributed by atoms with Gasteiger partial charge in [-0.25, -0.2) is 0 Å². The van der Waals surface area contributed by atoms with Crippen LogP contribution in [0.5, 0.6) is 0 Å². The van der Waals surface area contributed by atoms with Gasteiger partial charge >= 0.3 is 0 Å². The van der Waals surface area contributed by atoms with E-state index in [1.54, 1.807) is 7.05 Å². The van der Waals surface area contributed by atoms with E-state index in [0.29, 0.717) is 19.2 Å². The molecule has 0 aromatic heterocycles. The predicted octanol–water partition coefficient (Wildman–Crippen LogP) is 0.566. The van der Waals surface area contributed by atoms with Crippen molar-refractivity contribution in [2.24, 2.45) is 5.92 Å². The zero-order valence-corrected chi connectivity index (χ0v) is 13.9. The maximum absolute atomic E-state index is 12.2. The van der Waals surface area contributed by atoms with Crippen LogP contribution < -0.4 is 10.0 Å². The fraction of sp³-hybridized carbons (Fsp3) is 1.00. The van der Waals surface area contributed by atoms with Gasteiger partial charge in [-0.15, -0.1) is 0 Å². The van der Waals surface area contributed by atoms with Crippen molar-refractivity contribution in [3.63, 3.8) is 0 Å². The second kappa shape index (κ2) is 8.29. The summed E-state index contributed by atoms with van der Waals surface area (Å²) in [6.07, 6.45) is 1.72. The molecular formula is C13H29N3O3S. The molecule has 1 rings (SSSR count). The van der Waals surface area contributed by atoms with Crippen LogP contribution in [0.3, 0.4) is 0 Å². The van der Waals surface area contributed by atoms with E-state index >= 15 is 0 Å². The van der Waals surface area contributed by atoms with Crippen LogP contribution in [0.15, 0.2) is 0 Å². The number of ether oxygens (including phenoxy) is 1. The average molecular weight is 307 g/mol. The molecular weight excluding hydrogens is 278 g/mol. The third kappa shape index (κ3) is 6.05. The second-order valence-electron chi connectivity index (χ2n) is 5.82. The summed E-state index contributed by atoms with van der Waals surface area (Å²) in [6.45, 7) is 8.78. The van der Waals surface area contributed by atoms with Crippen LogP contribution in [0.2, 0.25) is 0 Å². The fourth-order valence-electron chi connectivity index (χ4n) is 2.18. The molecule has 0 bridgehead atoms. The van der Waals surface area contributed by atoms with E-state index in [0.717, 1.165) is 26.0 Å². The van der Waals surface area contributed by atoms with Gasteiger partial charge in [0.25, 0.3) is 10.2 Å². The lowest BCUT2D eigenvalue weighted by molar-refractivity contribution is 0.180. The van der Waals surface area contributed by atoms with Crippen molar-refractivity contribution >= 4 is 10.2 Å². The first-order chi connectivity index (χ1) is 9.33. The minimum Gasteiger partial charge on any atom is -0.381 e. The standard InChI is InChI=1S/C13H29N3O3S/c1-11(2)14-7-5-8-16(4)20(17,18)15-12(3)13-6-9-19-10-13/h11-15H,5-10H2,1-4H3. The van der Waals surface area contributed by atoms with Crippen LogP contribution in [-0.4, -0.2) is 58.2 Å². The second-order valence-corrected chi connectivity index (χ2v) is 7.63. The van der Waals surface area contributed by atoms with Crippen LogP contribution in [0, 0.1) is 5.92 Å². The molecule has 0 aromatic carbocycles. The zero-order chi connectivity index (χ0) is 15.2. The van der Waals surface area contributed by atoms with Crippen LogP contribution in [0.1, 0.15) is 33.6 Å². The van der Waals surface area contributed by atoms with Gasteiger partial charge in [-0.3, -0.25) is 0 Å². The smallest absolute Gasteiger partial charge is 0.279 e. The Balaban J connectivity index is 2.34. The van der Waals surface area contributed by atoms with E-state index in [1.165, 1.54) is 4.31 Å². The Morgan fingerprint density at radius 3 is 2.60 bits per heavy atom. The van der Waals surface area contributed by atoms with Gasteiger partial charge in [-0.2, -0.15) is 17.4 Å². The summed E-state index contributed by atoms with van der Waals surface area (Å²) in [5.41, 5.74) is 0. The average Bonchev–Trinajstić information content (AvgIpc) is 2.87. The number of hydrogen-bond acceptors (Lipinski definition) is 4. The molecule has 1 heterocycles. The van der Waals surface area contributed by atoms with Crippen molar-refractivity contribution in [3.8, 4) is 0 Å². The predicted molar refractivity (Wildman–Crippen MR) is 80.8 cm³/mol. The van der Waals surface area contributed by atoms with Crippen molar-refractivity contribution in [2.75, 3.05) is 33.4 Å². The van der Waals surface area contributed by atoms with E-state index < -0.39 is 10.2 Å². The fourth-order valence-corrected chi connectivity index (χ4v) is 3.39. The highest BCUT2D eigenvalue weighted by Crippen LogP contribution is 2.17. The molecule has 1 saturated heterocycles. The summed E-state index contributed by atoms with van der Waals surface area (Å²) in [5.74, 6) is 0.279. The lowest BCUT2D eigenvalue weighted by Gasteiger charge is -2.24. The summed E-state index contributed by atoms with van der Waals surface area (Å²) in [5, 5.41) is 3.28. The Hall–Kier alpha value is -0.210. The van der Waals surface area contributed by atoms with Crippen LogP contribution >= 0.6 is 0 Å². The van der Waals surface area contributed by atoms with Crippen LogP contribution in [0.25, 0.3) is 0 Å². The van der Waals surface area contributed by atoms with Gasteiger partial charge in [0.15, 0.2) is 0 Å². The van der Waals surface area contributed by atoms with Gasteiger partial charge < -0.3 is 10.1 Å². The lowest BCUT2D eigenvalue weighted by atomic mass is 10.0. The van der Waals surface area contributed by atoms with Crippen LogP contribution in [0.4, 0.5) is 0 Å². The highest BCUT2D eigenvalue weighted by atomic mass is 32.2. The Morgan fingerprint density at radius 1 is 1.35 bits per heavy atom. The molecule has 0 radical (unpaired) electrons. The molecule has 2 unspecified atom stereocenters. The Kier molecular flexibility index (Phi) is 7.39. The van der Waals surface area contributed by atoms with E-state index in [4.69, 9.17) is 4.74 Å². The summed E-state index contributed by atoms with van der Waals surface area (Å²) in [6, 6.07) is 0.344. The summed E-state index contributed by atoms with van der Waals surface area (Å²) in [7, 11) is -1.78. The van der Waals surface area contributed by atoms with Crippen molar-refractivity contribution in [1.82, 2.24) is 14.3 Å². The molecule has 20 heavy (non-hydrogen) atoms. The quantitative estimate of drug-likeness (QED) is 0.611. The minimum absolute atomic E-state index is 0.0845. The normalized spacial score (nSPS) is 21.8. The van der Waals surface area contributed by atoms with Gasteiger partial charge in [-0.1, -0.05) is 13.8 Å². The molecule has 1 aliphatic rings. The first kappa shape index (κ1) is 17.8. The highest BCUT2D eigenvalue weighted by molar-refractivity contribution is 7.87. The van der Waals surface area contributed by atoms with Gasteiger partial charge in [0, 0.05) is 38.2 Å². The molecule has 1 aliphatic heterocycles. The topological polar surface area (TPSA) is 70.7 Å².